The molecule has 1 amide bonds. The van der Waals surface area contributed by atoms with Gasteiger partial charge < -0.3 is 15.2 Å². The van der Waals surface area contributed by atoms with E-state index in [0.29, 0.717) is 11.0 Å². The van der Waals surface area contributed by atoms with Crippen molar-refractivity contribution < 1.29 is 14.6 Å². The van der Waals surface area contributed by atoms with Crippen LogP contribution in [0.5, 0.6) is 5.75 Å². The maximum atomic E-state index is 12.3. The Morgan fingerprint density at radius 2 is 2.22 bits per heavy atom. The summed E-state index contributed by atoms with van der Waals surface area (Å²) in [4.78, 5) is 16.8. The van der Waals surface area contributed by atoms with E-state index in [1.54, 1.807) is 25.1 Å². The standard InChI is InChI=1S/C16H19N3O3S/c1-10(12-3-2-4-13(20)9-12)15(21)18-16-17-14(19-23-16)11-5-7-22-8-6-11/h2-4,9-11,20H,5-8H2,1H3,(H,17,18,19,21). The third kappa shape index (κ3) is 3.86. The molecule has 1 aromatic carbocycles. The van der Waals surface area contributed by atoms with Gasteiger partial charge in [0.15, 0.2) is 0 Å². The molecule has 0 saturated carbocycles. The van der Waals surface area contributed by atoms with Gasteiger partial charge >= 0.3 is 0 Å². The highest BCUT2D eigenvalue weighted by Crippen LogP contribution is 2.28. The van der Waals surface area contributed by atoms with Gasteiger partial charge in [0.2, 0.25) is 11.0 Å². The van der Waals surface area contributed by atoms with Crippen molar-refractivity contribution in [3.05, 3.63) is 35.7 Å². The Morgan fingerprint density at radius 1 is 1.43 bits per heavy atom. The topological polar surface area (TPSA) is 84.3 Å². The zero-order valence-electron chi connectivity index (χ0n) is 12.9. The van der Waals surface area contributed by atoms with Gasteiger partial charge in [-0.3, -0.25) is 4.79 Å². The number of aromatic nitrogens is 2. The lowest BCUT2D eigenvalue weighted by Crippen LogP contribution is -2.19. The molecule has 1 aliphatic heterocycles. The summed E-state index contributed by atoms with van der Waals surface area (Å²) < 4.78 is 9.70. The van der Waals surface area contributed by atoms with Gasteiger partial charge in [-0.25, -0.2) is 4.98 Å². The Bertz CT molecular complexity index is 683. The van der Waals surface area contributed by atoms with Crippen molar-refractivity contribution in [1.82, 2.24) is 9.36 Å². The van der Waals surface area contributed by atoms with Gasteiger partial charge in [-0.15, -0.1) is 0 Å². The fourth-order valence-electron chi connectivity index (χ4n) is 2.57. The average molecular weight is 333 g/mol. The first-order valence-corrected chi connectivity index (χ1v) is 8.42. The van der Waals surface area contributed by atoms with Gasteiger partial charge in [0.05, 0.1) is 5.92 Å². The average Bonchev–Trinajstić information content (AvgIpc) is 3.03. The van der Waals surface area contributed by atoms with Crippen molar-refractivity contribution in [3.8, 4) is 5.75 Å². The molecule has 1 unspecified atom stereocenters. The molecule has 1 aliphatic rings. The summed E-state index contributed by atoms with van der Waals surface area (Å²) in [7, 11) is 0. The van der Waals surface area contributed by atoms with Crippen LogP contribution in [0.1, 0.15) is 43.0 Å². The van der Waals surface area contributed by atoms with Crippen molar-refractivity contribution >= 4 is 22.6 Å². The third-order valence-corrected chi connectivity index (χ3v) is 4.67. The summed E-state index contributed by atoms with van der Waals surface area (Å²) in [5, 5.41) is 12.8. The number of phenols is 1. The van der Waals surface area contributed by atoms with Gasteiger partial charge in [0.1, 0.15) is 11.6 Å². The fraction of sp³-hybridized carbons (Fsp3) is 0.438. The second-order valence-corrected chi connectivity index (χ2v) is 6.40. The number of anilines is 1. The monoisotopic (exact) mass is 333 g/mol. The minimum Gasteiger partial charge on any atom is -0.508 e. The van der Waals surface area contributed by atoms with Crippen LogP contribution in [0.2, 0.25) is 0 Å². The molecule has 2 heterocycles. The van der Waals surface area contributed by atoms with E-state index < -0.39 is 0 Å². The predicted molar refractivity (Wildman–Crippen MR) is 87.9 cm³/mol. The molecule has 122 valence electrons. The number of rotatable bonds is 4. The van der Waals surface area contributed by atoms with Crippen molar-refractivity contribution in [2.24, 2.45) is 0 Å². The van der Waals surface area contributed by atoms with Crippen LogP contribution >= 0.6 is 11.5 Å². The Morgan fingerprint density at radius 3 is 2.96 bits per heavy atom. The maximum absolute atomic E-state index is 12.3. The molecule has 1 aromatic heterocycles. The lowest BCUT2D eigenvalue weighted by Gasteiger charge is -2.18. The lowest BCUT2D eigenvalue weighted by atomic mass is 10.00. The van der Waals surface area contributed by atoms with Crippen LogP contribution in [0.15, 0.2) is 24.3 Å². The molecule has 0 radical (unpaired) electrons. The molecule has 23 heavy (non-hydrogen) atoms. The number of hydrogen-bond donors (Lipinski definition) is 2. The van der Waals surface area contributed by atoms with E-state index in [2.05, 4.69) is 14.7 Å². The molecule has 1 atom stereocenters. The minimum absolute atomic E-state index is 0.153. The summed E-state index contributed by atoms with van der Waals surface area (Å²) >= 11 is 1.20. The molecule has 6 nitrogen and oxygen atoms in total. The van der Waals surface area contributed by atoms with Gasteiger partial charge in [-0.2, -0.15) is 4.37 Å². The van der Waals surface area contributed by atoms with E-state index in [0.717, 1.165) is 37.4 Å². The van der Waals surface area contributed by atoms with Gasteiger partial charge in [-0.1, -0.05) is 12.1 Å². The van der Waals surface area contributed by atoms with E-state index in [1.807, 2.05) is 6.07 Å². The van der Waals surface area contributed by atoms with Crippen LogP contribution in [-0.4, -0.2) is 33.6 Å². The molecule has 0 bridgehead atoms. The van der Waals surface area contributed by atoms with Crippen LogP contribution < -0.4 is 5.32 Å². The summed E-state index contributed by atoms with van der Waals surface area (Å²) in [6, 6.07) is 6.72. The quantitative estimate of drug-likeness (QED) is 0.899. The molecule has 0 spiro atoms. The number of nitrogens with one attached hydrogen (secondary N) is 1. The molecule has 7 heteroatoms. The molecule has 2 N–H and O–H groups in total. The van der Waals surface area contributed by atoms with Crippen LogP contribution in [0, 0.1) is 0 Å². The second kappa shape index (κ2) is 7.06. The highest BCUT2D eigenvalue weighted by atomic mass is 32.1. The van der Waals surface area contributed by atoms with Gasteiger partial charge in [-0.05, 0) is 37.5 Å². The van der Waals surface area contributed by atoms with E-state index in [1.165, 1.54) is 11.5 Å². The Kier molecular flexibility index (Phi) is 4.88. The highest BCUT2D eigenvalue weighted by molar-refractivity contribution is 7.09. The number of hydrogen-bond acceptors (Lipinski definition) is 6. The summed E-state index contributed by atoms with van der Waals surface area (Å²) in [5.41, 5.74) is 0.761. The van der Waals surface area contributed by atoms with Crippen LogP contribution in [0.25, 0.3) is 0 Å². The highest BCUT2D eigenvalue weighted by Gasteiger charge is 2.22. The van der Waals surface area contributed by atoms with Crippen molar-refractivity contribution in [3.63, 3.8) is 0 Å². The first kappa shape index (κ1) is 15.9. The number of ether oxygens (including phenoxy) is 1. The number of benzene rings is 1. The fourth-order valence-corrected chi connectivity index (χ4v) is 3.22. The van der Waals surface area contributed by atoms with E-state index in [-0.39, 0.29) is 17.6 Å². The molecule has 2 aromatic rings. The number of phenolic OH excluding ortho intramolecular Hbond substituents is 1. The molecular formula is C16H19N3O3S. The first-order chi connectivity index (χ1) is 11.1. The Labute approximate surface area is 138 Å². The first-order valence-electron chi connectivity index (χ1n) is 7.64. The summed E-state index contributed by atoms with van der Waals surface area (Å²) in [6.07, 6.45) is 1.84. The van der Waals surface area contributed by atoms with Gasteiger partial charge in [0.25, 0.3) is 0 Å². The van der Waals surface area contributed by atoms with Crippen molar-refractivity contribution in [2.75, 3.05) is 18.5 Å². The van der Waals surface area contributed by atoms with Crippen LogP contribution in [-0.2, 0) is 9.53 Å². The molecule has 1 fully saturated rings. The minimum atomic E-state index is -0.377. The number of amides is 1. The maximum Gasteiger partial charge on any atom is 0.233 e. The predicted octanol–water partition coefficient (Wildman–Crippen LogP) is 2.88. The van der Waals surface area contributed by atoms with Crippen molar-refractivity contribution in [1.29, 1.82) is 0 Å². The number of carbonyl (C=O) groups is 1. The van der Waals surface area contributed by atoms with Crippen molar-refractivity contribution in [2.45, 2.75) is 31.6 Å². The lowest BCUT2D eigenvalue weighted by molar-refractivity contribution is -0.117. The van der Waals surface area contributed by atoms with E-state index in [4.69, 9.17) is 4.74 Å². The smallest absolute Gasteiger partial charge is 0.233 e. The SMILES string of the molecule is CC(C(=O)Nc1nc(C2CCOCC2)ns1)c1cccc(O)c1. The summed E-state index contributed by atoms with van der Waals surface area (Å²) in [6.45, 7) is 3.27. The largest absolute Gasteiger partial charge is 0.508 e. The van der Waals surface area contributed by atoms with E-state index in [9.17, 15) is 9.90 Å². The Balaban J connectivity index is 1.64. The summed E-state index contributed by atoms with van der Waals surface area (Å²) in [5.74, 6) is 0.718. The number of aromatic hydroxyl groups is 1. The third-order valence-electron chi connectivity index (χ3n) is 4.02. The Hall–Kier alpha value is -1.99. The zero-order valence-corrected chi connectivity index (χ0v) is 13.7. The molecular weight excluding hydrogens is 314 g/mol. The van der Waals surface area contributed by atoms with Crippen LogP contribution in [0.3, 0.4) is 0 Å². The second-order valence-electron chi connectivity index (χ2n) is 5.65. The normalized spacial score (nSPS) is 16.9. The molecule has 3 rings (SSSR count). The zero-order chi connectivity index (χ0) is 16.2. The van der Waals surface area contributed by atoms with Gasteiger partial charge in [0, 0.05) is 30.7 Å². The molecule has 0 aliphatic carbocycles. The number of carbonyl (C=O) groups excluding carboxylic acids is 1. The molecule has 1 saturated heterocycles. The van der Waals surface area contributed by atoms with E-state index >= 15 is 0 Å². The van der Waals surface area contributed by atoms with Crippen LogP contribution in [0.4, 0.5) is 5.13 Å². The number of nitrogens with zero attached hydrogens (tertiary/aromatic N) is 2.